The molecule has 1 aromatic heterocycles. The number of hydrogen-bond donors (Lipinski definition) is 1. The first-order valence-corrected chi connectivity index (χ1v) is 7.52. The van der Waals surface area contributed by atoms with E-state index in [9.17, 15) is 0 Å². The molecular formula is C16H21N3O2. The first-order valence-electron chi connectivity index (χ1n) is 7.52. The van der Waals surface area contributed by atoms with Crippen LogP contribution < -0.4 is 5.32 Å². The fourth-order valence-corrected chi connectivity index (χ4v) is 2.77. The fraction of sp³-hybridized carbons (Fsp3) is 0.500. The lowest BCUT2D eigenvalue weighted by molar-refractivity contribution is 0.114. The van der Waals surface area contributed by atoms with Crippen molar-refractivity contribution in [2.75, 3.05) is 13.2 Å². The molecule has 5 heteroatoms. The van der Waals surface area contributed by atoms with Crippen LogP contribution >= 0.6 is 0 Å². The van der Waals surface area contributed by atoms with Crippen molar-refractivity contribution in [3.63, 3.8) is 0 Å². The third kappa shape index (κ3) is 2.99. The van der Waals surface area contributed by atoms with E-state index in [-0.39, 0.29) is 18.1 Å². The average Bonchev–Trinajstić information content (AvgIpc) is 3.14. The first kappa shape index (κ1) is 14.2. The van der Waals surface area contributed by atoms with Crippen LogP contribution in [-0.2, 0) is 4.74 Å². The molecule has 5 nitrogen and oxygen atoms in total. The maximum Gasteiger partial charge on any atom is 0.237 e. The minimum atomic E-state index is -0.0601. The molecule has 1 saturated heterocycles. The summed E-state index contributed by atoms with van der Waals surface area (Å²) in [6, 6.07) is 10.1. The first-order chi connectivity index (χ1) is 10.3. The molecule has 1 N–H and O–H groups in total. The van der Waals surface area contributed by atoms with Gasteiger partial charge in [-0.3, -0.25) is 0 Å². The van der Waals surface area contributed by atoms with Gasteiger partial charge in [-0.25, -0.2) is 0 Å². The minimum Gasteiger partial charge on any atom is -0.423 e. The van der Waals surface area contributed by atoms with Crippen LogP contribution in [0.1, 0.15) is 49.6 Å². The number of nitrogens with zero attached hydrogens (tertiary/aromatic N) is 2. The van der Waals surface area contributed by atoms with E-state index in [4.69, 9.17) is 9.15 Å². The van der Waals surface area contributed by atoms with Crippen molar-refractivity contribution in [3.05, 3.63) is 47.7 Å². The predicted octanol–water partition coefficient (Wildman–Crippen LogP) is 2.66. The Bertz CT molecular complexity index is 570. The van der Waals surface area contributed by atoms with Gasteiger partial charge in [-0.1, -0.05) is 37.3 Å². The second kappa shape index (κ2) is 6.37. The molecule has 3 atom stereocenters. The quantitative estimate of drug-likeness (QED) is 0.916. The Kier molecular flexibility index (Phi) is 4.31. The zero-order chi connectivity index (χ0) is 14.7. The summed E-state index contributed by atoms with van der Waals surface area (Å²) in [5.74, 6) is 1.52. The van der Waals surface area contributed by atoms with Crippen molar-refractivity contribution in [2.24, 2.45) is 0 Å². The van der Waals surface area contributed by atoms with Gasteiger partial charge in [0.1, 0.15) is 6.04 Å². The second-order valence-electron chi connectivity index (χ2n) is 5.35. The molecule has 0 aliphatic carbocycles. The monoisotopic (exact) mass is 287 g/mol. The molecule has 3 rings (SSSR count). The highest BCUT2D eigenvalue weighted by atomic mass is 16.5. The van der Waals surface area contributed by atoms with E-state index in [0.717, 1.165) is 25.1 Å². The Balaban J connectivity index is 1.85. The van der Waals surface area contributed by atoms with E-state index in [1.54, 1.807) is 0 Å². The van der Waals surface area contributed by atoms with Crippen molar-refractivity contribution < 1.29 is 9.15 Å². The Morgan fingerprint density at radius 1 is 1.29 bits per heavy atom. The van der Waals surface area contributed by atoms with E-state index in [1.165, 1.54) is 0 Å². The number of rotatable bonds is 5. The van der Waals surface area contributed by atoms with Crippen molar-refractivity contribution in [1.29, 1.82) is 0 Å². The van der Waals surface area contributed by atoms with Crippen molar-refractivity contribution >= 4 is 0 Å². The molecule has 0 saturated carbocycles. The van der Waals surface area contributed by atoms with Gasteiger partial charge in [-0.05, 0) is 25.5 Å². The van der Waals surface area contributed by atoms with E-state index in [2.05, 4.69) is 41.5 Å². The number of hydrogen-bond acceptors (Lipinski definition) is 5. The topological polar surface area (TPSA) is 60.2 Å². The Hall–Kier alpha value is -1.72. The number of nitrogens with one attached hydrogen (secondary N) is 1. The third-order valence-electron chi connectivity index (χ3n) is 3.94. The van der Waals surface area contributed by atoms with Crippen LogP contribution in [0.5, 0.6) is 0 Å². The highest BCUT2D eigenvalue weighted by Crippen LogP contribution is 2.31. The largest absolute Gasteiger partial charge is 0.423 e. The minimum absolute atomic E-state index is 0.0601. The molecule has 1 aromatic carbocycles. The summed E-state index contributed by atoms with van der Waals surface area (Å²) in [4.78, 5) is 0. The number of benzene rings is 1. The van der Waals surface area contributed by atoms with Gasteiger partial charge >= 0.3 is 0 Å². The average molecular weight is 287 g/mol. The standard InChI is InChI=1S/C16H21N3O2/c1-3-17-14(12-7-5-4-6-8-12)16-19-18-15(21-16)13-9-10-20-11(13)2/h4-8,11,13-14,17H,3,9-10H2,1-2H3. The summed E-state index contributed by atoms with van der Waals surface area (Å²) < 4.78 is 11.5. The van der Waals surface area contributed by atoms with Crippen LogP contribution in [0.25, 0.3) is 0 Å². The zero-order valence-corrected chi connectivity index (χ0v) is 12.5. The van der Waals surface area contributed by atoms with Crippen molar-refractivity contribution in [1.82, 2.24) is 15.5 Å². The normalized spacial score (nSPS) is 23.3. The summed E-state index contributed by atoms with van der Waals surface area (Å²) in [6.45, 7) is 5.72. The second-order valence-corrected chi connectivity index (χ2v) is 5.35. The van der Waals surface area contributed by atoms with Gasteiger partial charge in [-0.15, -0.1) is 10.2 Å². The van der Waals surface area contributed by atoms with Crippen molar-refractivity contribution in [3.8, 4) is 0 Å². The highest BCUT2D eigenvalue weighted by Gasteiger charge is 2.31. The van der Waals surface area contributed by atoms with E-state index >= 15 is 0 Å². The molecule has 1 fully saturated rings. The van der Waals surface area contributed by atoms with Gasteiger partial charge in [0.05, 0.1) is 12.0 Å². The van der Waals surface area contributed by atoms with Gasteiger partial charge in [-0.2, -0.15) is 0 Å². The molecule has 112 valence electrons. The lowest BCUT2D eigenvalue weighted by Crippen LogP contribution is -2.22. The van der Waals surface area contributed by atoms with E-state index < -0.39 is 0 Å². The number of ether oxygens (including phenoxy) is 1. The Labute approximate surface area is 124 Å². The molecule has 1 aliphatic heterocycles. The van der Waals surface area contributed by atoms with E-state index in [0.29, 0.717) is 11.8 Å². The molecule has 0 spiro atoms. The maximum absolute atomic E-state index is 5.94. The fourth-order valence-electron chi connectivity index (χ4n) is 2.77. The Morgan fingerprint density at radius 2 is 2.10 bits per heavy atom. The van der Waals surface area contributed by atoms with Crippen LogP contribution in [0.15, 0.2) is 34.7 Å². The molecule has 0 bridgehead atoms. The summed E-state index contributed by atoms with van der Waals surface area (Å²) in [5, 5.41) is 11.9. The highest BCUT2D eigenvalue weighted by molar-refractivity contribution is 5.23. The Morgan fingerprint density at radius 3 is 2.76 bits per heavy atom. The van der Waals surface area contributed by atoms with Gasteiger partial charge in [0, 0.05) is 6.61 Å². The van der Waals surface area contributed by atoms with Crippen LogP contribution in [-0.4, -0.2) is 29.5 Å². The molecule has 3 unspecified atom stereocenters. The summed E-state index contributed by atoms with van der Waals surface area (Å²) >= 11 is 0. The third-order valence-corrected chi connectivity index (χ3v) is 3.94. The summed E-state index contributed by atoms with van der Waals surface area (Å²) in [6.07, 6.45) is 1.09. The van der Waals surface area contributed by atoms with Gasteiger partial charge in [0.25, 0.3) is 0 Å². The summed E-state index contributed by atoms with van der Waals surface area (Å²) in [5.41, 5.74) is 1.13. The SMILES string of the molecule is CCNC(c1ccccc1)c1nnc(C2CCOC2C)o1. The predicted molar refractivity (Wildman–Crippen MR) is 79.0 cm³/mol. The lowest BCUT2D eigenvalue weighted by Gasteiger charge is -2.14. The van der Waals surface area contributed by atoms with Crippen LogP contribution in [0.2, 0.25) is 0 Å². The number of aromatic nitrogens is 2. The maximum atomic E-state index is 5.94. The van der Waals surface area contributed by atoms with Crippen LogP contribution in [0.3, 0.4) is 0 Å². The molecule has 2 aromatic rings. The van der Waals surface area contributed by atoms with Crippen LogP contribution in [0, 0.1) is 0 Å². The molecule has 2 heterocycles. The molecule has 0 amide bonds. The molecule has 0 radical (unpaired) electrons. The van der Waals surface area contributed by atoms with Crippen LogP contribution in [0.4, 0.5) is 0 Å². The zero-order valence-electron chi connectivity index (χ0n) is 12.5. The van der Waals surface area contributed by atoms with Gasteiger partial charge < -0.3 is 14.5 Å². The lowest BCUT2D eigenvalue weighted by atomic mass is 10.0. The molecular weight excluding hydrogens is 266 g/mol. The summed E-state index contributed by atoms with van der Waals surface area (Å²) in [7, 11) is 0. The van der Waals surface area contributed by atoms with E-state index in [1.807, 2.05) is 18.2 Å². The molecule has 21 heavy (non-hydrogen) atoms. The molecule has 1 aliphatic rings. The van der Waals surface area contributed by atoms with Crippen molar-refractivity contribution in [2.45, 2.75) is 38.3 Å². The smallest absolute Gasteiger partial charge is 0.237 e. The van der Waals surface area contributed by atoms with Gasteiger partial charge in [0.2, 0.25) is 11.8 Å². The van der Waals surface area contributed by atoms with Gasteiger partial charge in [0.15, 0.2) is 0 Å².